The largest absolute Gasteiger partial charge is 0.493 e. The van der Waals surface area contributed by atoms with Crippen molar-refractivity contribution < 1.29 is 4.74 Å². The summed E-state index contributed by atoms with van der Waals surface area (Å²) in [5, 5.41) is 0. The van der Waals surface area contributed by atoms with Crippen molar-refractivity contribution in [3.05, 3.63) is 29.8 Å². The molecule has 2 N–H and O–H groups in total. The average molecular weight is 289 g/mol. The van der Waals surface area contributed by atoms with E-state index in [0.717, 1.165) is 31.2 Å². The van der Waals surface area contributed by atoms with Gasteiger partial charge in [0.05, 0.1) is 6.61 Å². The van der Waals surface area contributed by atoms with Gasteiger partial charge in [0.1, 0.15) is 5.75 Å². The Bertz CT molecular complexity index is 392. The molecule has 21 heavy (non-hydrogen) atoms. The maximum atomic E-state index is 6.06. The van der Waals surface area contributed by atoms with Gasteiger partial charge in [0.2, 0.25) is 0 Å². The van der Waals surface area contributed by atoms with Crippen LogP contribution < -0.4 is 10.5 Å². The molecule has 0 saturated heterocycles. The summed E-state index contributed by atoms with van der Waals surface area (Å²) in [6.45, 7) is 3.89. The van der Waals surface area contributed by atoms with Crippen molar-refractivity contribution in [1.82, 2.24) is 0 Å². The molecule has 0 bridgehead atoms. The van der Waals surface area contributed by atoms with Gasteiger partial charge in [-0.15, -0.1) is 0 Å². The molecule has 118 valence electrons. The molecule has 2 rings (SSSR count). The lowest BCUT2D eigenvalue weighted by Gasteiger charge is -2.22. The van der Waals surface area contributed by atoms with Gasteiger partial charge in [0, 0.05) is 0 Å². The van der Waals surface area contributed by atoms with E-state index < -0.39 is 0 Å². The molecule has 0 spiro atoms. The molecule has 0 radical (unpaired) electrons. The maximum absolute atomic E-state index is 6.06. The van der Waals surface area contributed by atoms with Crippen LogP contribution in [0.4, 0.5) is 0 Å². The van der Waals surface area contributed by atoms with Crippen molar-refractivity contribution in [2.24, 2.45) is 11.7 Å². The smallest absolute Gasteiger partial charge is 0.119 e. The van der Waals surface area contributed by atoms with Crippen molar-refractivity contribution >= 4 is 0 Å². The number of rotatable bonds is 8. The summed E-state index contributed by atoms with van der Waals surface area (Å²) in [6, 6.07) is 8.69. The second-order valence-corrected chi connectivity index (χ2v) is 6.45. The Labute approximate surface area is 130 Å². The number of hydrogen-bond donors (Lipinski definition) is 1. The van der Waals surface area contributed by atoms with Crippen molar-refractivity contribution in [3.63, 3.8) is 0 Å². The summed E-state index contributed by atoms with van der Waals surface area (Å²) in [5.74, 6) is 2.38. The minimum Gasteiger partial charge on any atom is -0.493 e. The van der Waals surface area contributed by atoms with E-state index in [1.165, 1.54) is 50.5 Å². The predicted octanol–water partition coefficient (Wildman–Crippen LogP) is 4.88. The Morgan fingerprint density at radius 1 is 1.19 bits per heavy atom. The van der Waals surface area contributed by atoms with Gasteiger partial charge in [-0.1, -0.05) is 44.7 Å². The molecule has 0 amide bonds. The molecular weight excluding hydrogens is 258 g/mol. The fourth-order valence-corrected chi connectivity index (χ4v) is 3.45. The lowest BCUT2D eigenvalue weighted by molar-refractivity contribution is 0.208. The number of ether oxygens (including phenoxy) is 1. The van der Waals surface area contributed by atoms with Crippen LogP contribution in [0.1, 0.15) is 69.8 Å². The van der Waals surface area contributed by atoms with Gasteiger partial charge in [0.25, 0.3) is 0 Å². The molecule has 1 unspecified atom stereocenters. The van der Waals surface area contributed by atoms with E-state index in [4.69, 9.17) is 10.5 Å². The van der Waals surface area contributed by atoms with Gasteiger partial charge in [-0.05, 0) is 61.8 Å². The van der Waals surface area contributed by atoms with Gasteiger partial charge < -0.3 is 10.5 Å². The molecule has 2 nitrogen and oxygen atoms in total. The zero-order valence-electron chi connectivity index (χ0n) is 13.5. The van der Waals surface area contributed by atoms with Crippen LogP contribution in [0.3, 0.4) is 0 Å². The fourth-order valence-electron chi connectivity index (χ4n) is 3.45. The summed E-state index contributed by atoms with van der Waals surface area (Å²) in [4.78, 5) is 0. The van der Waals surface area contributed by atoms with Crippen molar-refractivity contribution in [3.8, 4) is 5.75 Å². The lowest BCUT2D eigenvalue weighted by atomic mass is 9.90. The highest BCUT2D eigenvalue weighted by Gasteiger charge is 2.15. The first-order chi connectivity index (χ1) is 10.3. The minimum absolute atomic E-state index is 0.582. The molecular formula is C19H31NO. The second kappa shape index (κ2) is 9.09. The van der Waals surface area contributed by atoms with Crippen LogP contribution in [0, 0.1) is 5.92 Å². The van der Waals surface area contributed by atoms with E-state index in [1.54, 1.807) is 0 Å². The van der Waals surface area contributed by atoms with Crippen molar-refractivity contribution in [2.45, 2.75) is 64.2 Å². The van der Waals surface area contributed by atoms with Crippen molar-refractivity contribution in [2.75, 3.05) is 13.2 Å². The molecule has 2 heteroatoms. The third-order valence-electron chi connectivity index (χ3n) is 4.69. The normalized spacial score (nSPS) is 17.6. The average Bonchev–Trinajstić information content (AvgIpc) is 2.54. The highest BCUT2D eigenvalue weighted by Crippen LogP contribution is 2.29. The van der Waals surface area contributed by atoms with E-state index in [9.17, 15) is 0 Å². The zero-order valence-corrected chi connectivity index (χ0v) is 13.5. The van der Waals surface area contributed by atoms with E-state index in [-0.39, 0.29) is 0 Å². The Morgan fingerprint density at radius 2 is 2.00 bits per heavy atom. The summed E-state index contributed by atoms with van der Waals surface area (Å²) in [6.07, 6.45) is 10.3. The summed E-state index contributed by atoms with van der Waals surface area (Å²) < 4.78 is 6.06. The first kappa shape index (κ1) is 16.4. The predicted molar refractivity (Wildman–Crippen MR) is 89.8 cm³/mol. The molecule has 1 fully saturated rings. The second-order valence-electron chi connectivity index (χ2n) is 6.45. The van der Waals surface area contributed by atoms with Gasteiger partial charge in [-0.25, -0.2) is 0 Å². The Morgan fingerprint density at radius 3 is 2.71 bits per heavy atom. The topological polar surface area (TPSA) is 35.2 Å². The highest BCUT2D eigenvalue weighted by atomic mass is 16.5. The molecule has 0 aliphatic heterocycles. The summed E-state index contributed by atoms with van der Waals surface area (Å²) >= 11 is 0. The number of benzene rings is 1. The van der Waals surface area contributed by atoms with E-state index in [0.29, 0.717) is 5.92 Å². The van der Waals surface area contributed by atoms with Crippen LogP contribution in [-0.2, 0) is 0 Å². The Hall–Kier alpha value is -1.02. The molecule has 1 aliphatic rings. The number of hydrogen-bond acceptors (Lipinski definition) is 2. The van der Waals surface area contributed by atoms with Gasteiger partial charge in [0.15, 0.2) is 0 Å². The highest BCUT2D eigenvalue weighted by molar-refractivity contribution is 5.31. The van der Waals surface area contributed by atoms with E-state index in [1.807, 2.05) is 0 Å². The first-order valence-corrected chi connectivity index (χ1v) is 8.76. The van der Waals surface area contributed by atoms with Crippen LogP contribution in [0.15, 0.2) is 24.3 Å². The fraction of sp³-hybridized carbons (Fsp3) is 0.684. The van der Waals surface area contributed by atoms with Crippen LogP contribution in [-0.4, -0.2) is 13.2 Å². The van der Waals surface area contributed by atoms with Crippen molar-refractivity contribution in [1.29, 1.82) is 0 Å². The maximum Gasteiger partial charge on any atom is 0.119 e. The summed E-state index contributed by atoms with van der Waals surface area (Å²) in [7, 11) is 0. The molecule has 1 aromatic rings. The zero-order chi connectivity index (χ0) is 14.9. The number of nitrogens with two attached hydrogens (primary N) is 1. The molecule has 1 saturated carbocycles. The van der Waals surface area contributed by atoms with E-state index in [2.05, 4.69) is 31.2 Å². The third kappa shape index (κ3) is 5.35. The molecule has 0 heterocycles. The quantitative estimate of drug-likeness (QED) is 0.740. The molecule has 1 aliphatic carbocycles. The Kier molecular flexibility index (Phi) is 7.08. The lowest BCUT2D eigenvalue weighted by Crippen LogP contribution is -2.15. The Balaban J connectivity index is 1.92. The van der Waals surface area contributed by atoms with Gasteiger partial charge in [-0.3, -0.25) is 0 Å². The van der Waals surface area contributed by atoms with Crippen LogP contribution in [0.2, 0.25) is 0 Å². The standard InChI is InChI=1S/C19H31NO/c1-2-7-17(12-13-20)18-10-6-11-19(14-18)21-15-16-8-4-3-5-9-16/h6,10-11,14,16-17H,2-5,7-9,12-13,15,20H2,1H3. The third-order valence-corrected chi connectivity index (χ3v) is 4.69. The van der Waals surface area contributed by atoms with Gasteiger partial charge in [-0.2, -0.15) is 0 Å². The van der Waals surface area contributed by atoms with Crippen LogP contribution in [0.5, 0.6) is 5.75 Å². The van der Waals surface area contributed by atoms with Crippen LogP contribution >= 0.6 is 0 Å². The first-order valence-electron chi connectivity index (χ1n) is 8.76. The molecule has 1 atom stereocenters. The molecule has 1 aromatic carbocycles. The molecule has 0 aromatic heterocycles. The SMILES string of the molecule is CCCC(CCN)c1cccc(OCC2CCCCC2)c1. The summed E-state index contributed by atoms with van der Waals surface area (Å²) in [5.41, 5.74) is 7.15. The van der Waals surface area contributed by atoms with Gasteiger partial charge >= 0.3 is 0 Å². The monoisotopic (exact) mass is 289 g/mol. The van der Waals surface area contributed by atoms with E-state index >= 15 is 0 Å². The minimum atomic E-state index is 0.582. The van der Waals surface area contributed by atoms with Crippen LogP contribution in [0.25, 0.3) is 0 Å².